The van der Waals surface area contributed by atoms with Crippen LogP contribution in [-0.4, -0.2) is 59.5 Å². The molecule has 27 heavy (non-hydrogen) atoms. The molecular weight excluding hydrogens is 388 g/mol. The molecule has 0 aliphatic rings. The van der Waals surface area contributed by atoms with Crippen molar-refractivity contribution in [2.75, 3.05) is 37.6 Å². The number of allylic oxidation sites excluding steroid dienone is 1. The zero-order valence-corrected chi connectivity index (χ0v) is 17.5. The highest BCUT2D eigenvalue weighted by Crippen LogP contribution is 2.15. The molecule has 0 aliphatic carbocycles. The Morgan fingerprint density at radius 1 is 1.44 bits per heavy atom. The van der Waals surface area contributed by atoms with Gasteiger partial charge in [0.1, 0.15) is 5.17 Å². The van der Waals surface area contributed by atoms with Crippen molar-refractivity contribution in [3.63, 3.8) is 0 Å². The van der Waals surface area contributed by atoms with Crippen LogP contribution in [-0.2, 0) is 14.3 Å². The second-order valence-corrected chi connectivity index (χ2v) is 7.02. The van der Waals surface area contributed by atoms with E-state index in [-0.39, 0.29) is 17.4 Å². The highest BCUT2D eigenvalue weighted by Gasteiger charge is 2.19. The minimum atomic E-state index is -0.217. The smallest absolute Gasteiger partial charge is 0.227 e. The molecule has 0 aromatic carbocycles. The molecule has 0 saturated carbocycles. The van der Waals surface area contributed by atoms with Crippen molar-refractivity contribution in [2.45, 2.75) is 26.1 Å². The Morgan fingerprint density at radius 2 is 2.19 bits per heavy atom. The number of anilines is 1. The zero-order chi connectivity index (χ0) is 20.1. The number of rotatable bonds is 13. The molecule has 1 aromatic heterocycles. The summed E-state index contributed by atoms with van der Waals surface area (Å²) in [6.45, 7) is 2.28. The number of ether oxygens (including phenoxy) is 2. The van der Waals surface area contributed by atoms with Crippen LogP contribution in [0, 0.1) is 5.41 Å². The molecule has 0 spiro atoms. The molecule has 0 saturated heterocycles. The van der Waals surface area contributed by atoms with E-state index in [0.717, 1.165) is 17.9 Å². The van der Waals surface area contributed by atoms with Crippen molar-refractivity contribution in [1.82, 2.24) is 9.88 Å². The van der Waals surface area contributed by atoms with Crippen LogP contribution in [0.3, 0.4) is 0 Å². The minimum absolute atomic E-state index is 0.0790. The summed E-state index contributed by atoms with van der Waals surface area (Å²) in [7, 11) is 3.21. The molecule has 0 radical (unpaired) electrons. The van der Waals surface area contributed by atoms with Gasteiger partial charge in [0.2, 0.25) is 5.91 Å². The van der Waals surface area contributed by atoms with Gasteiger partial charge in [-0.2, -0.15) is 11.8 Å². The van der Waals surface area contributed by atoms with E-state index < -0.39 is 0 Å². The molecule has 1 heterocycles. The Morgan fingerprint density at radius 3 is 2.74 bits per heavy atom. The molecule has 1 rings (SSSR count). The van der Waals surface area contributed by atoms with Crippen molar-refractivity contribution in [3.8, 4) is 0 Å². The summed E-state index contributed by atoms with van der Waals surface area (Å²) in [5.41, 5.74) is 1.08. The number of aromatic nitrogens is 1. The lowest BCUT2D eigenvalue weighted by Gasteiger charge is -2.23. The van der Waals surface area contributed by atoms with E-state index in [2.05, 4.69) is 10.3 Å². The first-order valence-electron chi connectivity index (χ1n) is 8.58. The highest BCUT2D eigenvalue weighted by atomic mass is 35.5. The molecule has 0 bridgehead atoms. The number of hydrogen-bond acceptors (Lipinski definition) is 7. The van der Waals surface area contributed by atoms with Gasteiger partial charge in [0.15, 0.2) is 6.29 Å². The van der Waals surface area contributed by atoms with Gasteiger partial charge in [0, 0.05) is 51.8 Å². The van der Waals surface area contributed by atoms with Gasteiger partial charge in [0.25, 0.3) is 0 Å². The Hall–Kier alpha value is -1.61. The third-order valence-electron chi connectivity index (χ3n) is 3.65. The number of carbonyl (C=O) groups excluding carboxylic acids is 1. The van der Waals surface area contributed by atoms with Gasteiger partial charge in [-0.15, -0.1) is 0 Å². The fourth-order valence-electron chi connectivity index (χ4n) is 2.25. The summed E-state index contributed by atoms with van der Waals surface area (Å²) in [5.74, 6) is 1.43. The van der Waals surface area contributed by atoms with E-state index in [0.29, 0.717) is 24.4 Å². The largest absolute Gasteiger partial charge is 0.358 e. The summed E-state index contributed by atoms with van der Waals surface area (Å²) >= 11 is 7.57. The number of hydrogen-bond donors (Lipinski definition) is 2. The Balaban J connectivity index is 2.58. The zero-order valence-electron chi connectivity index (χ0n) is 15.9. The van der Waals surface area contributed by atoms with Gasteiger partial charge in [-0.1, -0.05) is 11.6 Å². The number of methoxy groups -OCH3 is 2. The number of carbonyl (C=O) groups is 1. The van der Waals surface area contributed by atoms with Gasteiger partial charge in [0.05, 0.1) is 17.6 Å². The van der Waals surface area contributed by atoms with Crippen LogP contribution in [0.5, 0.6) is 0 Å². The highest BCUT2D eigenvalue weighted by molar-refractivity contribution is 7.99. The van der Waals surface area contributed by atoms with Gasteiger partial charge < -0.3 is 19.7 Å². The third kappa shape index (κ3) is 8.75. The van der Waals surface area contributed by atoms with E-state index in [9.17, 15) is 4.79 Å². The van der Waals surface area contributed by atoms with Crippen molar-refractivity contribution in [1.29, 1.82) is 5.41 Å². The first-order valence-corrected chi connectivity index (χ1v) is 10.1. The lowest BCUT2D eigenvalue weighted by molar-refractivity contribution is -0.128. The molecule has 150 valence electrons. The number of nitrogens with zero attached hydrogens (tertiary/aromatic N) is 2. The average molecular weight is 415 g/mol. The van der Waals surface area contributed by atoms with E-state index in [1.54, 1.807) is 50.6 Å². The standard InChI is InChI=1S/C18H27ClN4O3S/c1-4-23(16(24)7-10-27-11-8-17(25-2)26-3)15(18(19)20)13-22-14-6-5-9-21-12-14/h5-6,9,12-13,17,20,22H,4,7-8,10-11H2,1-3H3/b15-13+,20-18?. The van der Waals surface area contributed by atoms with Gasteiger partial charge in [-0.05, 0) is 24.8 Å². The van der Waals surface area contributed by atoms with Crippen LogP contribution in [0.25, 0.3) is 0 Å². The van der Waals surface area contributed by atoms with Crippen LogP contribution in [0.2, 0.25) is 0 Å². The number of pyridine rings is 1. The van der Waals surface area contributed by atoms with Crippen molar-refractivity contribution >= 4 is 40.1 Å². The molecule has 1 amide bonds. The predicted molar refractivity (Wildman–Crippen MR) is 111 cm³/mol. The van der Waals surface area contributed by atoms with Crippen LogP contribution in [0.1, 0.15) is 19.8 Å². The van der Waals surface area contributed by atoms with Crippen molar-refractivity contribution < 1.29 is 14.3 Å². The molecule has 0 unspecified atom stereocenters. The predicted octanol–water partition coefficient (Wildman–Crippen LogP) is 3.53. The van der Waals surface area contributed by atoms with Crippen LogP contribution < -0.4 is 5.32 Å². The fourth-order valence-corrected chi connectivity index (χ4v) is 3.29. The molecule has 7 nitrogen and oxygen atoms in total. The number of nitrogens with one attached hydrogen (secondary N) is 2. The van der Waals surface area contributed by atoms with Crippen LogP contribution >= 0.6 is 23.4 Å². The van der Waals surface area contributed by atoms with Gasteiger partial charge in [-0.3, -0.25) is 15.2 Å². The van der Waals surface area contributed by atoms with Gasteiger partial charge in [-0.25, -0.2) is 0 Å². The molecule has 1 aromatic rings. The minimum Gasteiger partial charge on any atom is -0.358 e. The Labute approximate surface area is 170 Å². The fraction of sp³-hybridized carbons (Fsp3) is 0.500. The number of halogens is 1. The maximum atomic E-state index is 12.6. The maximum Gasteiger partial charge on any atom is 0.227 e. The lowest BCUT2D eigenvalue weighted by Crippen LogP contribution is -2.33. The average Bonchev–Trinajstić information content (AvgIpc) is 2.68. The molecule has 0 fully saturated rings. The number of thioether (sulfide) groups is 1. The molecule has 0 aliphatic heterocycles. The van der Waals surface area contributed by atoms with Gasteiger partial charge >= 0.3 is 0 Å². The third-order valence-corrected chi connectivity index (χ3v) is 4.86. The topological polar surface area (TPSA) is 87.5 Å². The maximum absolute atomic E-state index is 12.6. The first-order chi connectivity index (χ1) is 13.0. The van der Waals surface area contributed by atoms with Crippen LogP contribution in [0.15, 0.2) is 36.4 Å². The normalized spacial score (nSPS) is 11.5. The molecule has 2 N–H and O–H groups in total. The molecule has 9 heteroatoms. The quantitative estimate of drug-likeness (QED) is 0.291. The molecular formula is C18H27ClN4O3S. The summed E-state index contributed by atoms with van der Waals surface area (Å²) in [6.07, 6.45) is 5.77. The van der Waals surface area contributed by atoms with Crippen molar-refractivity contribution in [3.05, 3.63) is 36.4 Å². The van der Waals surface area contributed by atoms with Crippen molar-refractivity contribution in [2.24, 2.45) is 0 Å². The summed E-state index contributed by atoms with van der Waals surface area (Å²) in [4.78, 5) is 18.1. The lowest BCUT2D eigenvalue weighted by atomic mass is 10.3. The molecule has 0 atom stereocenters. The van der Waals surface area contributed by atoms with E-state index >= 15 is 0 Å². The summed E-state index contributed by atoms with van der Waals surface area (Å²) < 4.78 is 10.3. The second kappa shape index (κ2) is 13.5. The number of amides is 1. The van der Waals surface area contributed by atoms with E-state index in [4.69, 9.17) is 26.5 Å². The first kappa shape index (κ1) is 23.4. The summed E-state index contributed by atoms with van der Waals surface area (Å²) in [5, 5.41) is 10.6. The van der Waals surface area contributed by atoms with E-state index in [1.807, 2.05) is 13.0 Å². The van der Waals surface area contributed by atoms with E-state index in [1.165, 1.54) is 4.90 Å². The summed E-state index contributed by atoms with van der Waals surface area (Å²) in [6, 6.07) is 3.63. The second-order valence-electron chi connectivity index (χ2n) is 5.42. The Bertz CT molecular complexity index is 612. The Kier molecular flexibility index (Phi) is 11.8. The SMILES string of the molecule is CCN(C(=O)CCSCCC(OC)OC)/C(=C/Nc1cccnc1)C(=N)Cl. The van der Waals surface area contributed by atoms with Crippen LogP contribution in [0.4, 0.5) is 5.69 Å². The monoisotopic (exact) mass is 414 g/mol.